The van der Waals surface area contributed by atoms with Gasteiger partial charge in [0.25, 0.3) is 0 Å². The van der Waals surface area contributed by atoms with E-state index in [1.807, 2.05) is 36.2 Å². The number of likely N-dealkylation sites (N-methyl/N-ethyl adjacent to an activating group) is 1. The average molecular weight is 281 g/mol. The van der Waals surface area contributed by atoms with Gasteiger partial charge in [0.15, 0.2) is 5.84 Å². The molecule has 3 N–H and O–H groups in total. The van der Waals surface area contributed by atoms with E-state index in [1.165, 1.54) is 0 Å². The number of ether oxygens (including phenoxy) is 2. The zero-order chi connectivity index (χ0) is 14.8. The second-order valence-electron chi connectivity index (χ2n) is 4.38. The van der Waals surface area contributed by atoms with Crippen LogP contribution in [0.3, 0.4) is 0 Å². The minimum absolute atomic E-state index is 0.105. The van der Waals surface area contributed by atoms with E-state index in [4.69, 9.17) is 20.4 Å². The molecule has 0 bridgehead atoms. The average Bonchev–Trinajstić information content (AvgIpc) is 2.49. The lowest BCUT2D eigenvalue weighted by Gasteiger charge is -2.22. The van der Waals surface area contributed by atoms with Crippen LogP contribution in [0.2, 0.25) is 0 Å². The van der Waals surface area contributed by atoms with Gasteiger partial charge in [-0.15, -0.1) is 0 Å². The SMILES string of the molecule is COCCCOCCN(C)c1ccccc1/C(N)=N/O. The summed E-state index contributed by atoms with van der Waals surface area (Å²) in [5.74, 6) is 0.105. The fourth-order valence-corrected chi connectivity index (χ4v) is 1.81. The van der Waals surface area contributed by atoms with E-state index in [0.29, 0.717) is 25.4 Å². The summed E-state index contributed by atoms with van der Waals surface area (Å²) in [5.41, 5.74) is 7.28. The molecule has 1 rings (SSSR count). The quantitative estimate of drug-likeness (QED) is 0.234. The van der Waals surface area contributed by atoms with Gasteiger partial charge in [-0.05, 0) is 18.6 Å². The third kappa shape index (κ3) is 5.07. The van der Waals surface area contributed by atoms with E-state index in [1.54, 1.807) is 7.11 Å². The highest BCUT2D eigenvalue weighted by atomic mass is 16.5. The molecule has 0 aliphatic rings. The van der Waals surface area contributed by atoms with Gasteiger partial charge in [0.2, 0.25) is 0 Å². The Bertz CT molecular complexity index is 424. The number of nitrogens with two attached hydrogens (primary N) is 1. The maximum Gasteiger partial charge on any atom is 0.172 e. The summed E-state index contributed by atoms with van der Waals surface area (Å²) in [4.78, 5) is 2.02. The van der Waals surface area contributed by atoms with Gasteiger partial charge in [0.1, 0.15) is 0 Å². The Morgan fingerprint density at radius 3 is 2.75 bits per heavy atom. The van der Waals surface area contributed by atoms with Crippen LogP contribution in [0.1, 0.15) is 12.0 Å². The molecule has 1 aromatic carbocycles. The predicted octanol–water partition coefficient (Wildman–Crippen LogP) is 1.27. The maximum absolute atomic E-state index is 8.80. The fraction of sp³-hybridized carbons (Fsp3) is 0.500. The standard InChI is InChI=1S/C14H23N3O3/c1-17(8-11-20-10-5-9-19-2)13-7-4-3-6-12(13)14(15)16-18/h3-4,6-7,18H,5,8-11H2,1-2H3,(H2,15,16). The second-order valence-corrected chi connectivity index (χ2v) is 4.38. The lowest BCUT2D eigenvalue weighted by atomic mass is 10.1. The Morgan fingerprint density at radius 2 is 2.05 bits per heavy atom. The number of anilines is 1. The Morgan fingerprint density at radius 1 is 1.30 bits per heavy atom. The fourth-order valence-electron chi connectivity index (χ4n) is 1.81. The van der Waals surface area contributed by atoms with Crippen molar-refractivity contribution in [2.45, 2.75) is 6.42 Å². The van der Waals surface area contributed by atoms with Crippen LogP contribution in [-0.2, 0) is 9.47 Å². The van der Waals surface area contributed by atoms with Crippen molar-refractivity contribution in [2.75, 3.05) is 45.4 Å². The van der Waals surface area contributed by atoms with Crippen molar-refractivity contribution in [1.29, 1.82) is 0 Å². The number of benzene rings is 1. The molecule has 0 aliphatic heterocycles. The van der Waals surface area contributed by atoms with Crippen molar-refractivity contribution >= 4 is 11.5 Å². The molecule has 0 saturated carbocycles. The molecule has 0 unspecified atom stereocenters. The predicted molar refractivity (Wildman–Crippen MR) is 79.5 cm³/mol. The Kier molecular flexibility index (Phi) is 7.46. The van der Waals surface area contributed by atoms with Crippen LogP contribution in [0.25, 0.3) is 0 Å². The molecule has 0 amide bonds. The van der Waals surface area contributed by atoms with Crippen molar-refractivity contribution in [2.24, 2.45) is 10.9 Å². The molecule has 0 fully saturated rings. The van der Waals surface area contributed by atoms with Gasteiger partial charge in [-0.2, -0.15) is 0 Å². The van der Waals surface area contributed by atoms with E-state index in [9.17, 15) is 0 Å². The van der Waals surface area contributed by atoms with Gasteiger partial charge < -0.3 is 25.3 Å². The van der Waals surface area contributed by atoms with Gasteiger partial charge in [-0.25, -0.2) is 0 Å². The van der Waals surface area contributed by atoms with E-state index in [-0.39, 0.29) is 5.84 Å². The summed E-state index contributed by atoms with van der Waals surface area (Å²) in [7, 11) is 3.62. The van der Waals surface area contributed by atoms with Crippen molar-refractivity contribution < 1.29 is 14.7 Å². The number of para-hydroxylation sites is 1. The third-order valence-corrected chi connectivity index (χ3v) is 2.91. The van der Waals surface area contributed by atoms with Gasteiger partial charge >= 0.3 is 0 Å². The third-order valence-electron chi connectivity index (χ3n) is 2.91. The zero-order valence-electron chi connectivity index (χ0n) is 12.1. The number of nitrogens with zero attached hydrogens (tertiary/aromatic N) is 2. The lowest BCUT2D eigenvalue weighted by Crippen LogP contribution is -2.26. The van der Waals surface area contributed by atoms with Crippen molar-refractivity contribution in [3.05, 3.63) is 29.8 Å². The highest BCUT2D eigenvalue weighted by Crippen LogP contribution is 2.18. The van der Waals surface area contributed by atoms with E-state index in [2.05, 4.69) is 5.16 Å². The Hall–Kier alpha value is -1.79. The molecular formula is C14H23N3O3. The number of methoxy groups -OCH3 is 1. The minimum atomic E-state index is 0.105. The molecule has 6 heteroatoms. The minimum Gasteiger partial charge on any atom is -0.409 e. The van der Waals surface area contributed by atoms with Gasteiger partial charge in [-0.3, -0.25) is 0 Å². The van der Waals surface area contributed by atoms with Crippen molar-refractivity contribution in [3.63, 3.8) is 0 Å². The summed E-state index contributed by atoms with van der Waals surface area (Å²) >= 11 is 0. The van der Waals surface area contributed by atoms with Crippen LogP contribution >= 0.6 is 0 Å². The van der Waals surface area contributed by atoms with Gasteiger partial charge in [-0.1, -0.05) is 17.3 Å². The van der Waals surface area contributed by atoms with Crippen molar-refractivity contribution in [3.8, 4) is 0 Å². The molecule has 0 aliphatic carbocycles. The molecule has 6 nitrogen and oxygen atoms in total. The number of oxime groups is 1. The summed E-state index contributed by atoms with van der Waals surface area (Å²) in [6, 6.07) is 7.52. The summed E-state index contributed by atoms with van der Waals surface area (Å²) < 4.78 is 10.5. The van der Waals surface area contributed by atoms with Gasteiger partial charge in [0.05, 0.1) is 6.61 Å². The lowest BCUT2D eigenvalue weighted by molar-refractivity contribution is 0.107. The van der Waals surface area contributed by atoms with Crippen LogP contribution in [-0.4, -0.2) is 51.6 Å². The Labute approximate surface area is 119 Å². The number of rotatable bonds is 9. The van der Waals surface area contributed by atoms with Crippen molar-refractivity contribution in [1.82, 2.24) is 0 Å². The van der Waals surface area contributed by atoms with Crippen LogP contribution in [0.4, 0.5) is 5.69 Å². The zero-order valence-corrected chi connectivity index (χ0v) is 12.1. The van der Waals surface area contributed by atoms with Crippen LogP contribution in [0, 0.1) is 0 Å². The molecule has 0 aromatic heterocycles. The maximum atomic E-state index is 8.80. The molecule has 20 heavy (non-hydrogen) atoms. The highest BCUT2D eigenvalue weighted by Gasteiger charge is 2.10. The number of amidine groups is 1. The summed E-state index contributed by atoms with van der Waals surface area (Å²) in [6.45, 7) is 2.74. The van der Waals surface area contributed by atoms with E-state index in [0.717, 1.165) is 18.7 Å². The number of hydrogen-bond donors (Lipinski definition) is 2. The van der Waals surface area contributed by atoms with Crippen LogP contribution in [0.5, 0.6) is 0 Å². The second kappa shape index (κ2) is 9.17. The Balaban J connectivity index is 2.49. The highest BCUT2D eigenvalue weighted by molar-refractivity contribution is 6.02. The first-order chi connectivity index (χ1) is 9.70. The molecule has 0 radical (unpaired) electrons. The molecular weight excluding hydrogens is 258 g/mol. The number of hydrogen-bond acceptors (Lipinski definition) is 5. The molecule has 1 aromatic rings. The largest absolute Gasteiger partial charge is 0.409 e. The molecule has 112 valence electrons. The first-order valence-corrected chi connectivity index (χ1v) is 6.55. The van der Waals surface area contributed by atoms with Crippen LogP contribution < -0.4 is 10.6 Å². The first kappa shape index (κ1) is 16.3. The summed E-state index contributed by atoms with van der Waals surface area (Å²) in [6.07, 6.45) is 0.890. The van der Waals surface area contributed by atoms with Gasteiger partial charge in [0, 0.05) is 45.2 Å². The molecule has 0 heterocycles. The monoisotopic (exact) mass is 281 g/mol. The normalized spacial score (nSPS) is 11.6. The van der Waals surface area contributed by atoms with Crippen LogP contribution in [0.15, 0.2) is 29.4 Å². The topological polar surface area (TPSA) is 80.3 Å². The summed E-state index contributed by atoms with van der Waals surface area (Å²) in [5, 5.41) is 11.9. The molecule has 0 spiro atoms. The first-order valence-electron chi connectivity index (χ1n) is 6.55. The van der Waals surface area contributed by atoms with E-state index >= 15 is 0 Å². The molecule has 0 saturated heterocycles. The molecule has 0 atom stereocenters. The van der Waals surface area contributed by atoms with E-state index < -0.39 is 0 Å². The smallest absolute Gasteiger partial charge is 0.172 e.